The van der Waals surface area contributed by atoms with E-state index < -0.39 is 0 Å². The van der Waals surface area contributed by atoms with Gasteiger partial charge in [0.15, 0.2) is 5.84 Å². The largest absolute Gasteiger partial charge is 0.304 e. The zero-order valence-electron chi connectivity index (χ0n) is 4.60. The topological polar surface area (TPSA) is 52.8 Å². The third-order valence-corrected chi connectivity index (χ3v) is 0.686. The molecule has 3 heteroatoms. The molecule has 0 heterocycles. The number of nitrogens with zero attached hydrogens (tertiary/aromatic N) is 1. The predicted octanol–water partition coefficient (Wildman–Crippen LogP) is -0.795. The highest BCUT2D eigenvalue weighted by Crippen LogP contribution is 1.54. The van der Waals surface area contributed by atoms with E-state index in [2.05, 4.69) is 4.99 Å². The first kappa shape index (κ1) is 6.30. The van der Waals surface area contributed by atoms with E-state index in [1.165, 1.54) is 0 Å². The summed E-state index contributed by atoms with van der Waals surface area (Å²) < 4.78 is 0. The minimum absolute atomic E-state index is 0.884. The van der Waals surface area contributed by atoms with Crippen molar-refractivity contribution in [2.75, 3.05) is 7.05 Å². The van der Waals surface area contributed by atoms with E-state index in [0.717, 1.165) is 12.2 Å². The lowest BCUT2D eigenvalue weighted by Crippen LogP contribution is -2.83. The first-order valence-corrected chi connectivity index (χ1v) is 2.14. The van der Waals surface area contributed by atoms with Gasteiger partial charge in [0.05, 0.1) is 7.05 Å². The van der Waals surface area contributed by atoms with Crippen LogP contribution in [-0.2, 0) is 0 Å². The zero-order valence-corrected chi connectivity index (χ0v) is 4.60. The van der Waals surface area contributed by atoms with Gasteiger partial charge in [0, 0.05) is 6.92 Å². The Morgan fingerprint density at radius 2 is 2.43 bits per heavy atom. The molecule has 0 radical (unpaired) electrons. The van der Waals surface area contributed by atoms with Crippen LogP contribution < -0.4 is 5.32 Å². The van der Waals surface area contributed by atoms with E-state index >= 15 is 0 Å². The lowest BCUT2D eigenvalue weighted by atomic mass is 10.7. The van der Waals surface area contributed by atoms with Gasteiger partial charge in [-0.25, -0.2) is 0 Å². The molecule has 7 heavy (non-hydrogen) atoms. The van der Waals surface area contributed by atoms with Gasteiger partial charge in [-0.1, -0.05) is 0 Å². The first-order chi connectivity index (χ1) is 3.31. The van der Waals surface area contributed by atoms with E-state index in [-0.39, 0.29) is 0 Å². The molecule has 0 rings (SSSR count). The van der Waals surface area contributed by atoms with Gasteiger partial charge < -0.3 is 5.32 Å². The fraction of sp³-hybridized carbons (Fsp3) is 0.500. The van der Waals surface area contributed by atoms with Crippen LogP contribution in [0.1, 0.15) is 6.92 Å². The van der Waals surface area contributed by atoms with Crippen LogP contribution in [0.3, 0.4) is 0 Å². The molecule has 0 aromatic rings. The highest BCUT2D eigenvalue weighted by Gasteiger charge is 1.80. The molecule has 0 atom stereocenters. The molecule has 0 bridgehead atoms. The summed E-state index contributed by atoms with van der Waals surface area (Å²) in [5.41, 5.74) is 0. The molecular weight excluding hydrogens is 90.1 g/mol. The highest BCUT2D eigenvalue weighted by atomic mass is 15.0. The van der Waals surface area contributed by atoms with Crippen molar-refractivity contribution in [1.29, 1.82) is 5.41 Å². The first-order valence-electron chi connectivity index (χ1n) is 2.14. The number of quaternary nitrogens is 1. The van der Waals surface area contributed by atoms with Crippen molar-refractivity contribution in [3.05, 3.63) is 0 Å². The molecular formula is C4H10N3+. The van der Waals surface area contributed by atoms with Crippen molar-refractivity contribution < 1.29 is 5.32 Å². The Hall–Kier alpha value is -0.700. The molecule has 0 spiro atoms. The zero-order chi connectivity index (χ0) is 5.70. The Morgan fingerprint density at radius 3 is 2.57 bits per heavy atom. The molecule has 0 unspecified atom stereocenters. The summed E-state index contributed by atoms with van der Waals surface area (Å²) in [5.74, 6) is 0.884. The summed E-state index contributed by atoms with van der Waals surface area (Å²) in [6.07, 6.45) is 1.04. The lowest BCUT2D eigenvalue weighted by molar-refractivity contribution is -0.507. The molecule has 3 nitrogen and oxygen atoms in total. The van der Waals surface area contributed by atoms with E-state index in [0.29, 0.717) is 0 Å². The quantitative estimate of drug-likeness (QED) is 0.320. The Bertz CT molecular complexity index is 84.9. The lowest BCUT2D eigenvalue weighted by Gasteiger charge is -1.83. The molecule has 0 fully saturated rings. The fourth-order valence-corrected chi connectivity index (χ4v) is 0.176. The molecule has 0 aliphatic heterocycles. The molecule has 0 amide bonds. The van der Waals surface area contributed by atoms with Gasteiger partial charge in [-0.05, 0) is 0 Å². The van der Waals surface area contributed by atoms with Crippen LogP contribution in [0, 0.1) is 5.41 Å². The molecule has 0 aliphatic carbocycles. The highest BCUT2D eigenvalue weighted by molar-refractivity contribution is 5.78. The summed E-state index contributed by atoms with van der Waals surface area (Å²) in [6, 6.07) is 0. The van der Waals surface area contributed by atoms with Gasteiger partial charge in [-0.2, -0.15) is 4.99 Å². The van der Waals surface area contributed by atoms with Gasteiger partial charge in [-0.3, -0.25) is 5.41 Å². The van der Waals surface area contributed by atoms with E-state index in [9.17, 15) is 0 Å². The SMILES string of the molecule is C[NH2+]C(C)=NC=N. The van der Waals surface area contributed by atoms with E-state index in [4.69, 9.17) is 5.41 Å². The second-order valence-electron chi connectivity index (χ2n) is 1.19. The molecule has 0 aliphatic rings. The Labute approximate surface area is 43.0 Å². The van der Waals surface area contributed by atoms with Crippen molar-refractivity contribution in [2.24, 2.45) is 4.99 Å². The average Bonchev–Trinajstić information content (AvgIpc) is 1.68. The van der Waals surface area contributed by atoms with Crippen LogP contribution in [0.5, 0.6) is 0 Å². The van der Waals surface area contributed by atoms with Crippen LogP contribution in [0.15, 0.2) is 4.99 Å². The molecule has 0 saturated carbocycles. The van der Waals surface area contributed by atoms with Crippen molar-refractivity contribution in [3.63, 3.8) is 0 Å². The summed E-state index contributed by atoms with van der Waals surface area (Å²) in [7, 11) is 1.89. The van der Waals surface area contributed by atoms with Crippen molar-refractivity contribution in [2.45, 2.75) is 6.92 Å². The van der Waals surface area contributed by atoms with Crippen LogP contribution in [0.25, 0.3) is 0 Å². The number of amidine groups is 1. The fourth-order valence-electron chi connectivity index (χ4n) is 0.176. The maximum atomic E-state index is 6.50. The third kappa shape index (κ3) is 3.12. The molecule has 3 N–H and O–H groups in total. The monoisotopic (exact) mass is 100 g/mol. The van der Waals surface area contributed by atoms with Crippen molar-refractivity contribution >= 4 is 12.2 Å². The second-order valence-corrected chi connectivity index (χ2v) is 1.19. The molecule has 0 aromatic carbocycles. The van der Waals surface area contributed by atoms with Gasteiger partial charge in [0.2, 0.25) is 0 Å². The smallest absolute Gasteiger partial charge is 0.197 e. The number of hydrogen-bond acceptors (Lipinski definition) is 1. The number of nitrogens with two attached hydrogens (primary N) is 1. The molecule has 40 valence electrons. The summed E-state index contributed by atoms with van der Waals surface area (Å²) >= 11 is 0. The summed E-state index contributed by atoms with van der Waals surface area (Å²) in [4.78, 5) is 3.65. The summed E-state index contributed by atoms with van der Waals surface area (Å²) in [5, 5.41) is 8.36. The molecule has 0 saturated heterocycles. The van der Waals surface area contributed by atoms with Crippen molar-refractivity contribution in [3.8, 4) is 0 Å². The van der Waals surface area contributed by atoms with Crippen LogP contribution in [0.4, 0.5) is 0 Å². The maximum absolute atomic E-state index is 6.50. The minimum Gasteiger partial charge on any atom is -0.304 e. The van der Waals surface area contributed by atoms with Gasteiger partial charge in [0.25, 0.3) is 0 Å². The number of rotatable bonds is 1. The van der Waals surface area contributed by atoms with Gasteiger partial charge in [0.1, 0.15) is 6.34 Å². The maximum Gasteiger partial charge on any atom is 0.197 e. The average molecular weight is 100 g/mol. The second kappa shape index (κ2) is 3.49. The minimum atomic E-state index is 0.884. The Balaban J connectivity index is 3.49. The summed E-state index contributed by atoms with van der Waals surface area (Å²) in [6.45, 7) is 1.85. The predicted molar refractivity (Wildman–Crippen MR) is 29.7 cm³/mol. The Morgan fingerprint density at radius 1 is 1.86 bits per heavy atom. The van der Waals surface area contributed by atoms with E-state index in [1.807, 2.05) is 19.3 Å². The standard InChI is InChI=1S/C4H9N3/c1-4(6-2)7-3-5/h3H,1-2H3,(H2,5,6,7)/p+1. The van der Waals surface area contributed by atoms with Crippen molar-refractivity contribution in [1.82, 2.24) is 0 Å². The number of aliphatic imine (C=N–C) groups is 1. The normalized spacial score (nSPS) is 11.4. The third-order valence-electron chi connectivity index (χ3n) is 0.686. The number of hydrogen-bond donors (Lipinski definition) is 2. The Kier molecular flexibility index (Phi) is 3.14. The van der Waals surface area contributed by atoms with E-state index in [1.54, 1.807) is 0 Å². The van der Waals surface area contributed by atoms with Gasteiger partial charge >= 0.3 is 0 Å². The van der Waals surface area contributed by atoms with Crippen LogP contribution >= 0.6 is 0 Å². The number of nitrogens with one attached hydrogen (secondary N) is 1. The van der Waals surface area contributed by atoms with Gasteiger partial charge in [-0.15, -0.1) is 0 Å². The molecule has 0 aromatic heterocycles. The van der Waals surface area contributed by atoms with Crippen LogP contribution in [-0.4, -0.2) is 19.2 Å². The van der Waals surface area contributed by atoms with Crippen LogP contribution in [0.2, 0.25) is 0 Å².